The Balaban J connectivity index is 1.11. The van der Waals surface area contributed by atoms with Crippen LogP contribution in [0.4, 0.5) is 11.4 Å². The number of fused-ring (bicyclic) bond motifs is 2. The first kappa shape index (κ1) is 27.9. The summed E-state index contributed by atoms with van der Waals surface area (Å²) in [5, 5.41) is 12.6. The van der Waals surface area contributed by atoms with Crippen LogP contribution in [0, 0.1) is 0 Å². The molecule has 5 atom stereocenters. The second kappa shape index (κ2) is 12.0. The Morgan fingerprint density at radius 1 is 0.667 bits per heavy atom. The minimum Gasteiger partial charge on any atom is -0.355 e. The lowest BCUT2D eigenvalue weighted by atomic mass is 9.98. The Bertz CT molecular complexity index is 1880. The van der Waals surface area contributed by atoms with E-state index in [0.717, 1.165) is 28.3 Å². The smallest absolute Gasteiger partial charge is 0.119 e. The standard InChI is InChI=1S/C40H34N4S/c1-28-14-6-5-13-25-45-37-27-35(29-15-7-2-8-16-29)36(26-34(28)37)41-33-23-21-31(22-24-33)39-42-38(30-17-9-3-10-18-30)43-40(44(39)43)32-19-11-4-12-20-32/h2-24,26-27,38-42H,1,25H2/b13-5-,14-6-. The molecule has 3 aliphatic rings. The summed E-state index contributed by atoms with van der Waals surface area (Å²) in [6.45, 7) is 4.39. The third kappa shape index (κ3) is 5.45. The third-order valence-electron chi connectivity index (χ3n) is 8.71. The maximum absolute atomic E-state index is 4.39. The highest BCUT2D eigenvalue weighted by molar-refractivity contribution is 7.99. The van der Waals surface area contributed by atoms with Gasteiger partial charge in [-0.05, 0) is 57.7 Å². The molecule has 0 radical (unpaired) electrons. The molecule has 0 saturated carbocycles. The van der Waals surface area contributed by atoms with Crippen molar-refractivity contribution < 1.29 is 0 Å². The molecule has 0 spiro atoms. The van der Waals surface area contributed by atoms with E-state index in [4.69, 9.17) is 0 Å². The van der Waals surface area contributed by atoms with E-state index < -0.39 is 0 Å². The molecule has 5 aromatic rings. The molecule has 220 valence electrons. The molecule has 2 fully saturated rings. The molecular formula is C40H34N4S. The lowest BCUT2D eigenvalue weighted by molar-refractivity contribution is 0.314. The summed E-state index contributed by atoms with van der Waals surface area (Å²) in [7, 11) is 0. The van der Waals surface area contributed by atoms with Crippen molar-refractivity contribution in [1.82, 2.24) is 15.3 Å². The topological polar surface area (TPSA) is 30.1 Å². The number of thioether (sulfide) groups is 1. The fraction of sp³-hybridized carbons (Fsp3) is 0.100. The summed E-state index contributed by atoms with van der Waals surface area (Å²) in [4.78, 5) is 1.24. The van der Waals surface area contributed by atoms with Crippen molar-refractivity contribution in [3.63, 3.8) is 0 Å². The Morgan fingerprint density at radius 3 is 1.98 bits per heavy atom. The molecule has 0 aliphatic carbocycles. The van der Waals surface area contributed by atoms with Crippen LogP contribution in [-0.4, -0.2) is 15.8 Å². The quantitative estimate of drug-likeness (QED) is 0.189. The summed E-state index contributed by atoms with van der Waals surface area (Å²) in [6.07, 6.45) is 8.92. The van der Waals surface area contributed by atoms with Crippen LogP contribution in [0.3, 0.4) is 0 Å². The molecule has 2 N–H and O–H groups in total. The van der Waals surface area contributed by atoms with Crippen molar-refractivity contribution in [3.8, 4) is 11.1 Å². The molecule has 8 rings (SSSR count). The highest BCUT2D eigenvalue weighted by Crippen LogP contribution is 2.56. The lowest BCUT2D eigenvalue weighted by Gasteiger charge is -2.21. The maximum Gasteiger partial charge on any atom is 0.119 e. The van der Waals surface area contributed by atoms with Crippen LogP contribution >= 0.6 is 11.8 Å². The number of rotatable bonds is 6. The molecule has 2 saturated heterocycles. The molecule has 4 nitrogen and oxygen atoms in total. The average Bonchev–Trinajstić information content (AvgIpc) is 3.68. The number of hydrogen-bond donors (Lipinski definition) is 2. The van der Waals surface area contributed by atoms with Gasteiger partial charge in [0.25, 0.3) is 0 Å². The summed E-state index contributed by atoms with van der Waals surface area (Å²) >= 11 is 1.85. The van der Waals surface area contributed by atoms with E-state index in [0.29, 0.717) is 0 Å². The van der Waals surface area contributed by atoms with E-state index in [1.807, 2.05) is 11.8 Å². The summed E-state index contributed by atoms with van der Waals surface area (Å²) < 4.78 is 0. The fourth-order valence-electron chi connectivity index (χ4n) is 6.46. The predicted octanol–water partition coefficient (Wildman–Crippen LogP) is 9.86. The number of benzene rings is 5. The van der Waals surface area contributed by atoms with Crippen molar-refractivity contribution in [2.45, 2.75) is 23.4 Å². The molecule has 0 aromatic heterocycles. The van der Waals surface area contributed by atoms with Crippen LogP contribution in [0.2, 0.25) is 0 Å². The van der Waals surface area contributed by atoms with Crippen LogP contribution in [-0.2, 0) is 0 Å². The predicted molar refractivity (Wildman–Crippen MR) is 188 cm³/mol. The SMILES string of the molecule is C=C1/C=C\C=C/CSc2cc(-c3ccccc3)c(Nc3ccc(C4NC(c5ccccc5)N5C(c6ccccc6)N45)cc3)cc21. The Hall–Kier alpha value is -4.65. The number of hydrogen-bond acceptors (Lipinski definition) is 5. The molecule has 0 bridgehead atoms. The number of allylic oxidation sites excluding steroid dienone is 4. The summed E-state index contributed by atoms with van der Waals surface area (Å²) in [5.41, 5.74) is 10.5. The average molecular weight is 603 g/mol. The van der Waals surface area contributed by atoms with Gasteiger partial charge in [-0.3, -0.25) is 5.32 Å². The molecular weight excluding hydrogens is 569 g/mol. The zero-order chi connectivity index (χ0) is 30.2. The van der Waals surface area contributed by atoms with Gasteiger partial charge < -0.3 is 5.32 Å². The summed E-state index contributed by atoms with van der Waals surface area (Å²) in [5.74, 6) is 0.924. The Labute approximate surface area is 269 Å². The van der Waals surface area contributed by atoms with Gasteiger partial charge in [0.2, 0.25) is 0 Å². The largest absolute Gasteiger partial charge is 0.355 e. The number of hydrazine groups is 1. The first-order valence-corrected chi connectivity index (χ1v) is 16.4. The number of anilines is 2. The maximum atomic E-state index is 4.39. The van der Waals surface area contributed by atoms with Crippen molar-refractivity contribution in [2.24, 2.45) is 0 Å². The number of nitrogens with zero attached hydrogens (tertiary/aromatic N) is 2. The van der Waals surface area contributed by atoms with Crippen molar-refractivity contribution in [2.75, 3.05) is 11.1 Å². The lowest BCUT2D eigenvalue weighted by Crippen LogP contribution is -2.27. The van der Waals surface area contributed by atoms with E-state index in [-0.39, 0.29) is 18.5 Å². The van der Waals surface area contributed by atoms with Gasteiger partial charge in [-0.1, -0.05) is 134 Å². The van der Waals surface area contributed by atoms with Crippen molar-refractivity contribution in [3.05, 3.63) is 181 Å². The molecule has 3 aliphatic heterocycles. The second-order valence-corrected chi connectivity index (χ2v) is 12.6. The fourth-order valence-corrected chi connectivity index (χ4v) is 7.39. The highest BCUT2D eigenvalue weighted by Gasteiger charge is 2.60. The van der Waals surface area contributed by atoms with Gasteiger partial charge >= 0.3 is 0 Å². The molecule has 0 amide bonds. The van der Waals surface area contributed by atoms with Crippen LogP contribution in [0.5, 0.6) is 0 Å². The van der Waals surface area contributed by atoms with Gasteiger partial charge in [0.05, 0.1) is 0 Å². The van der Waals surface area contributed by atoms with Gasteiger partial charge in [0, 0.05) is 27.6 Å². The van der Waals surface area contributed by atoms with Crippen molar-refractivity contribution >= 4 is 28.7 Å². The van der Waals surface area contributed by atoms with Gasteiger partial charge in [-0.25, -0.2) is 0 Å². The van der Waals surface area contributed by atoms with E-state index in [9.17, 15) is 0 Å². The van der Waals surface area contributed by atoms with Crippen molar-refractivity contribution in [1.29, 1.82) is 0 Å². The summed E-state index contributed by atoms with van der Waals surface area (Å²) in [6, 6.07) is 45.6. The van der Waals surface area contributed by atoms with E-state index in [1.165, 1.54) is 32.7 Å². The molecule has 3 heterocycles. The van der Waals surface area contributed by atoms with Crippen LogP contribution in [0.25, 0.3) is 16.7 Å². The Morgan fingerprint density at radius 2 is 1.29 bits per heavy atom. The van der Waals surface area contributed by atoms with Crippen LogP contribution < -0.4 is 10.6 Å². The molecule has 5 heteroatoms. The minimum absolute atomic E-state index is 0.0791. The second-order valence-electron chi connectivity index (χ2n) is 11.6. The minimum atomic E-state index is 0.0791. The van der Waals surface area contributed by atoms with E-state index in [1.54, 1.807) is 0 Å². The zero-order valence-electron chi connectivity index (χ0n) is 24.9. The zero-order valence-corrected chi connectivity index (χ0v) is 25.7. The monoisotopic (exact) mass is 602 g/mol. The van der Waals surface area contributed by atoms with Crippen LogP contribution in [0.1, 0.15) is 40.8 Å². The first-order chi connectivity index (χ1) is 22.2. The van der Waals surface area contributed by atoms with Gasteiger partial charge in [-0.15, -0.1) is 11.8 Å². The highest BCUT2D eigenvalue weighted by atomic mass is 32.2. The molecule has 5 unspecified atom stereocenters. The third-order valence-corrected chi connectivity index (χ3v) is 9.71. The van der Waals surface area contributed by atoms with Gasteiger partial charge in [-0.2, -0.15) is 10.0 Å². The van der Waals surface area contributed by atoms with Gasteiger partial charge in [0.1, 0.15) is 18.5 Å². The van der Waals surface area contributed by atoms with E-state index in [2.05, 4.69) is 179 Å². The normalized spacial score (nSPS) is 24.8. The Kier molecular flexibility index (Phi) is 7.45. The molecule has 5 aromatic carbocycles. The van der Waals surface area contributed by atoms with E-state index >= 15 is 0 Å². The molecule has 45 heavy (non-hydrogen) atoms. The number of nitrogens with one attached hydrogen (secondary N) is 2. The first-order valence-electron chi connectivity index (χ1n) is 15.4. The van der Waals surface area contributed by atoms with Gasteiger partial charge in [0.15, 0.2) is 0 Å². The van der Waals surface area contributed by atoms with Crippen LogP contribution in [0.15, 0.2) is 163 Å².